The van der Waals surface area contributed by atoms with Gasteiger partial charge in [-0.3, -0.25) is 4.79 Å². The molecular formula is C18H19F3N2O2. The number of para-hydroxylation sites is 1. The minimum Gasteiger partial charge on any atom is -0.492 e. The van der Waals surface area contributed by atoms with E-state index in [0.29, 0.717) is 18.9 Å². The first-order valence-corrected chi connectivity index (χ1v) is 7.72. The van der Waals surface area contributed by atoms with E-state index in [1.807, 2.05) is 18.2 Å². The highest BCUT2D eigenvalue weighted by Crippen LogP contribution is 2.33. The Kier molecular flexibility index (Phi) is 6.27. The molecule has 2 N–H and O–H groups in total. The third-order valence-electron chi connectivity index (χ3n) is 3.43. The zero-order chi connectivity index (χ0) is 18.3. The number of anilines is 1. The van der Waals surface area contributed by atoms with Crippen LogP contribution in [0.1, 0.15) is 11.1 Å². The quantitative estimate of drug-likeness (QED) is 0.749. The van der Waals surface area contributed by atoms with Gasteiger partial charge in [0.15, 0.2) is 0 Å². The summed E-state index contributed by atoms with van der Waals surface area (Å²) >= 11 is 0. The van der Waals surface area contributed by atoms with Crippen molar-refractivity contribution in [1.29, 1.82) is 0 Å². The van der Waals surface area contributed by atoms with E-state index in [0.717, 1.165) is 6.07 Å². The molecular weight excluding hydrogens is 333 g/mol. The number of alkyl halides is 3. The molecule has 0 saturated heterocycles. The monoisotopic (exact) mass is 352 g/mol. The summed E-state index contributed by atoms with van der Waals surface area (Å²) in [5.74, 6) is 0.375. The fourth-order valence-electron chi connectivity index (χ4n) is 2.16. The van der Waals surface area contributed by atoms with Gasteiger partial charge >= 0.3 is 6.18 Å². The number of carbonyl (C=O) groups excluding carboxylic acids is 1. The van der Waals surface area contributed by atoms with Crippen molar-refractivity contribution in [3.8, 4) is 5.75 Å². The standard InChI is InChI=1S/C18H19F3N2O2/c1-13-7-8-14(11-16(13)18(19,20)21)23-12-17(24)22-9-10-25-15-5-3-2-4-6-15/h2-8,11,23H,9-10,12H2,1H3,(H,22,24). The third kappa shape index (κ3) is 6.02. The molecule has 2 aromatic rings. The van der Waals surface area contributed by atoms with Gasteiger partial charge in [-0.15, -0.1) is 0 Å². The van der Waals surface area contributed by atoms with Crippen molar-refractivity contribution in [2.45, 2.75) is 13.1 Å². The van der Waals surface area contributed by atoms with Crippen molar-refractivity contribution in [2.24, 2.45) is 0 Å². The Labute approximate surface area is 144 Å². The summed E-state index contributed by atoms with van der Waals surface area (Å²) in [5.41, 5.74) is -0.330. The molecule has 2 aromatic carbocycles. The molecule has 0 heterocycles. The molecule has 4 nitrogen and oxygen atoms in total. The van der Waals surface area contributed by atoms with Crippen molar-refractivity contribution in [1.82, 2.24) is 5.32 Å². The van der Waals surface area contributed by atoms with Gasteiger partial charge in [0.1, 0.15) is 12.4 Å². The van der Waals surface area contributed by atoms with Gasteiger partial charge in [-0.1, -0.05) is 24.3 Å². The third-order valence-corrected chi connectivity index (χ3v) is 3.43. The van der Waals surface area contributed by atoms with Gasteiger partial charge in [-0.05, 0) is 36.8 Å². The van der Waals surface area contributed by atoms with E-state index in [2.05, 4.69) is 10.6 Å². The van der Waals surface area contributed by atoms with Gasteiger partial charge in [0.2, 0.25) is 5.91 Å². The molecule has 25 heavy (non-hydrogen) atoms. The van der Waals surface area contributed by atoms with Gasteiger partial charge in [-0.25, -0.2) is 0 Å². The van der Waals surface area contributed by atoms with Crippen molar-refractivity contribution in [3.05, 3.63) is 59.7 Å². The molecule has 134 valence electrons. The van der Waals surface area contributed by atoms with Crippen LogP contribution in [0.5, 0.6) is 5.75 Å². The summed E-state index contributed by atoms with van der Waals surface area (Å²) < 4.78 is 44.0. The first-order chi connectivity index (χ1) is 11.9. The second kappa shape index (κ2) is 8.41. The van der Waals surface area contributed by atoms with Crippen LogP contribution in [-0.4, -0.2) is 25.6 Å². The number of amides is 1. The molecule has 0 saturated carbocycles. The Morgan fingerprint density at radius 3 is 2.52 bits per heavy atom. The Hall–Kier alpha value is -2.70. The van der Waals surface area contributed by atoms with Crippen LogP contribution >= 0.6 is 0 Å². The zero-order valence-electron chi connectivity index (χ0n) is 13.7. The number of aryl methyl sites for hydroxylation is 1. The minimum atomic E-state index is -4.42. The lowest BCUT2D eigenvalue weighted by atomic mass is 10.1. The van der Waals surface area contributed by atoms with Gasteiger partial charge in [-0.2, -0.15) is 13.2 Å². The molecule has 2 rings (SSSR count). The molecule has 0 spiro atoms. The maximum absolute atomic E-state index is 12.9. The van der Waals surface area contributed by atoms with Crippen LogP contribution in [0.15, 0.2) is 48.5 Å². The number of hydrogen-bond donors (Lipinski definition) is 2. The highest BCUT2D eigenvalue weighted by molar-refractivity contribution is 5.80. The molecule has 7 heteroatoms. The normalized spacial score (nSPS) is 11.0. The summed E-state index contributed by atoms with van der Waals surface area (Å²) in [6.45, 7) is 1.88. The van der Waals surface area contributed by atoms with E-state index in [4.69, 9.17) is 4.74 Å². The Morgan fingerprint density at radius 1 is 1.12 bits per heavy atom. The van der Waals surface area contributed by atoms with E-state index in [9.17, 15) is 18.0 Å². The lowest BCUT2D eigenvalue weighted by molar-refractivity contribution is -0.138. The number of carbonyl (C=O) groups is 1. The topological polar surface area (TPSA) is 50.4 Å². The molecule has 0 aliphatic heterocycles. The number of halogens is 3. The number of hydrogen-bond acceptors (Lipinski definition) is 3. The first kappa shape index (κ1) is 18.6. The van der Waals surface area contributed by atoms with Crippen LogP contribution in [0.3, 0.4) is 0 Å². The fourth-order valence-corrected chi connectivity index (χ4v) is 2.16. The molecule has 0 aliphatic rings. The van der Waals surface area contributed by atoms with Crippen LogP contribution in [0.25, 0.3) is 0 Å². The predicted molar refractivity (Wildman–Crippen MR) is 89.6 cm³/mol. The summed E-state index contributed by atoms with van der Waals surface area (Å²) in [6.07, 6.45) is -4.42. The number of rotatable bonds is 7. The van der Waals surface area contributed by atoms with Crippen LogP contribution in [-0.2, 0) is 11.0 Å². The Balaban J connectivity index is 1.75. The Bertz CT molecular complexity index is 703. The van der Waals surface area contributed by atoms with E-state index >= 15 is 0 Å². The van der Waals surface area contributed by atoms with Crippen molar-refractivity contribution >= 4 is 11.6 Å². The minimum absolute atomic E-state index is 0.119. The van der Waals surface area contributed by atoms with E-state index < -0.39 is 11.7 Å². The summed E-state index contributed by atoms with van der Waals surface area (Å²) in [4.78, 5) is 11.7. The Morgan fingerprint density at radius 2 is 1.84 bits per heavy atom. The van der Waals surface area contributed by atoms with E-state index in [-0.39, 0.29) is 23.7 Å². The zero-order valence-corrected chi connectivity index (χ0v) is 13.7. The van der Waals surface area contributed by atoms with Gasteiger partial charge in [0.05, 0.1) is 18.7 Å². The van der Waals surface area contributed by atoms with Crippen molar-refractivity contribution in [2.75, 3.05) is 25.0 Å². The maximum Gasteiger partial charge on any atom is 0.416 e. The largest absolute Gasteiger partial charge is 0.492 e. The van der Waals surface area contributed by atoms with Crippen LogP contribution in [0, 0.1) is 6.92 Å². The lowest BCUT2D eigenvalue weighted by Gasteiger charge is -2.13. The highest BCUT2D eigenvalue weighted by atomic mass is 19.4. The number of ether oxygens (including phenoxy) is 1. The van der Waals surface area contributed by atoms with Gasteiger partial charge < -0.3 is 15.4 Å². The summed E-state index contributed by atoms with van der Waals surface area (Å²) in [7, 11) is 0. The predicted octanol–water partition coefficient (Wildman–Crippen LogP) is 3.62. The SMILES string of the molecule is Cc1ccc(NCC(=O)NCCOc2ccccc2)cc1C(F)(F)F. The maximum atomic E-state index is 12.9. The van der Waals surface area contributed by atoms with Gasteiger partial charge in [0, 0.05) is 5.69 Å². The molecule has 0 bridgehead atoms. The molecule has 0 aromatic heterocycles. The molecule has 0 fully saturated rings. The average molecular weight is 352 g/mol. The van der Waals surface area contributed by atoms with E-state index in [1.165, 1.54) is 19.1 Å². The van der Waals surface area contributed by atoms with Crippen LogP contribution < -0.4 is 15.4 Å². The van der Waals surface area contributed by atoms with E-state index in [1.54, 1.807) is 12.1 Å². The average Bonchev–Trinajstić information content (AvgIpc) is 2.58. The smallest absolute Gasteiger partial charge is 0.416 e. The molecule has 0 unspecified atom stereocenters. The summed E-state index contributed by atoms with van der Waals surface area (Å²) in [6, 6.07) is 13.0. The van der Waals surface area contributed by atoms with Gasteiger partial charge in [0.25, 0.3) is 0 Å². The highest BCUT2D eigenvalue weighted by Gasteiger charge is 2.32. The van der Waals surface area contributed by atoms with Crippen molar-refractivity contribution in [3.63, 3.8) is 0 Å². The second-order valence-corrected chi connectivity index (χ2v) is 5.39. The first-order valence-electron chi connectivity index (χ1n) is 7.72. The molecule has 0 atom stereocenters. The number of nitrogens with one attached hydrogen (secondary N) is 2. The molecule has 0 aliphatic carbocycles. The molecule has 1 amide bonds. The fraction of sp³-hybridized carbons (Fsp3) is 0.278. The molecule has 0 radical (unpaired) electrons. The number of benzene rings is 2. The van der Waals surface area contributed by atoms with Crippen molar-refractivity contribution < 1.29 is 22.7 Å². The second-order valence-electron chi connectivity index (χ2n) is 5.39. The van der Waals surface area contributed by atoms with Crippen LogP contribution in [0.4, 0.5) is 18.9 Å². The van der Waals surface area contributed by atoms with Crippen LogP contribution in [0.2, 0.25) is 0 Å². The lowest BCUT2D eigenvalue weighted by Crippen LogP contribution is -2.33. The summed E-state index contributed by atoms with van der Waals surface area (Å²) in [5, 5.41) is 5.32.